The predicted molar refractivity (Wildman–Crippen MR) is 472 cm³/mol. The Bertz CT molecular complexity index is 5580. The number of piperidine rings is 1. The first kappa shape index (κ1) is 87.9. The van der Waals surface area contributed by atoms with Gasteiger partial charge in [-0.15, -0.1) is 0 Å². The molecule has 6 aliphatic heterocycles. The molecular weight excluding hydrogens is 1600 g/mol. The van der Waals surface area contributed by atoms with Crippen molar-refractivity contribution in [1.82, 2.24) is 19.6 Å². The topological polar surface area (TPSA) is 301 Å². The van der Waals surface area contributed by atoms with Crippen molar-refractivity contribution >= 4 is 105 Å². The van der Waals surface area contributed by atoms with Gasteiger partial charge < -0.3 is 57.5 Å². The van der Waals surface area contributed by atoms with E-state index in [4.69, 9.17) is 49.9 Å². The monoisotopic (exact) mass is 1700 g/mol. The molecule has 0 spiro atoms. The third-order valence-electron chi connectivity index (χ3n) is 21.7. The Morgan fingerprint density at radius 3 is 1.44 bits per heavy atom. The van der Waals surface area contributed by atoms with E-state index >= 15 is 4.79 Å². The lowest BCUT2D eigenvalue weighted by Crippen LogP contribution is -2.74. The molecule has 638 valence electrons. The van der Waals surface area contributed by atoms with Gasteiger partial charge in [-0.3, -0.25) is 39.1 Å². The smallest absolute Gasteiger partial charge is 0.370 e. The average Bonchev–Trinajstić information content (AvgIpc) is 1.52. The third-order valence-corrected chi connectivity index (χ3v) is 21.9. The van der Waals surface area contributed by atoms with Gasteiger partial charge in [0.15, 0.2) is 30.3 Å². The van der Waals surface area contributed by atoms with Crippen molar-refractivity contribution in [2.24, 2.45) is 16.1 Å². The largest absolute Gasteiger partial charge is 0.497 e. The number of aldehydes is 3. The molecule has 2 atom stereocenters. The van der Waals surface area contributed by atoms with Gasteiger partial charge >= 0.3 is 17.9 Å². The number of morpholine rings is 2. The van der Waals surface area contributed by atoms with Gasteiger partial charge in [0.05, 0.1) is 96.3 Å². The summed E-state index contributed by atoms with van der Waals surface area (Å²) in [4.78, 5) is 123. The number of esters is 3. The van der Waals surface area contributed by atoms with Crippen molar-refractivity contribution in [3.05, 3.63) is 264 Å². The number of methoxy groups -OCH3 is 3. The van der Waals surface area contributed by atoms with Crippen molar-refractivity contribution in [3.8, 4) is 56.3 Å². The lowest BCUT2D eigenvalue weighted by atomic mass is 9.79. The number of rotatable bonds is 24. The minimum Gasteiger partial charge on any atom is -0.497 e. The van der Waals surface area contributed by atoms with E-state index in [9.17, 15) is 38.4 Å². The molecule has 16 rings (SSSR count). The van der Waals surface area contributed by atoms with Crippen LogP contribution in [0.25, 0.3) is 39.1 Å². The highest BCUT2D eigenvalue weighted by Crippen LogP contribution is 2.48. The van der Waals surface area contributed by atoms with Crippen LogP contribution in [0.3, 0.4) is 0 Å². The van der Waals surface area contributed by atoms with E-state index in [-0.39, 0.29) is 54.1 Å². The fourth-order valence-electron chi connectivity index (χ4n) is 15.7. The average molecular weight is 1700 g/mol. The number of nitrogens with zero attached hydrogens (tertiary/aromatic N) is 10. The first-order valence-corrected chi connectivity index (χ1v) is 41.1. The number of nitrogens with one attached hydrogen (secondary N) is 1. The molecule has 9 aromatic carbocycles. The maximum absolute atomic E-state index is 15.0. The number of carbonyl (C=O) groups is 9. The van der Waals surface area contributed by atoms with Crippen LogP contribution in [0, 0.1) is 5.92 Å². The molecule has 0 saturated carbocycles. The van der Waals surface area contributed by atoms with Gasteiger partial charge in [0.25, 0.3) is 17.7 Å². The van der Waals surface area contributed by atoms with Crippen LogP contribution in [-0.2, 0) is 49.3 Å². The van der Waals surface area contributed by atoms with Crippen LogP contribution < -0.4 is 39.3 Å². The van der Waals surface area contributed by atoms with Gasteiger partial charge in [-0.1, -0.05) is 127 Å². The lowest BCUT2D eigenvalue weighted by Gasteiger charge is -2.53. The van der Waals surface area contributed by atoms with E-state index in [1.54, 1.807) is 118 Å². The van der Waals surface area contributed by atoms with Gasteiger partial charge in [0, 0.05) is 85.1 Å². The van der Waals surface area contributed by atoms with Crippen LogP contribution >= 0.6 is 11.6 Å². The van der Waals surface area contributed by atoms with Crippen molar-refractivity contribution < 1.29 is 81.0 Å². The van der Waals surface area contributed by atoms with E-state index in [1.807, 2.05) is 169 Å². The summed E-state index contributed by atoms with van der Waals surface area (Å²) in [5.74, 6) is -0.565. The van der Waals surface area contributed by atoms with Crippen LogP contribution in [-0.4, -0.2) is 204 Å². The number of amides is 3. The first-order valence-electron chi connectivity index (χ1n) is 40.7. The van der Waals surface area contributed by atoms with E-state index in [0.717, 1.165) is 94.6 Å². The molecule has 6 aliphatic rings. The summed E-state index contributed by atoms with van der Waals surface area (Å²) in [7, 11) is 4.75. The molecule has 29 heteroatoms. The maximum atomic E-state index is 15.0. The van der Waals surface area contributed by atoms with Gasteiger partial charge in [-0.2, -0.15) is 15.3 Å². The molecular formula is C95H94ClN11O17. The second-order valence-electron chi connectivity index (χ2n) is 28.7. The summed E-state index contributed by atoms with van der Waals surface area (Å²) in [5.41, 5.74) is 14.9. The Morgan fingerprint density at radius 1 is 0.508 bits per heavy atom. The minimum absolute atomic E-state index is 0.0455. The molecule has 28 nitrogen and oxygen atoms in total. The van der Waals surface area contributed by atoms with Gasteiger partial charge in [0.1, 0.15) is 22.9 Å². The molecule has 0 unspecified atom stereocenters. The fourth-order valence-corrected chi connectivity index (χ4v) is 15.7. The van der Waals surface area contributed by atoms with E-state index < -0.39 is 29.5 Å². The highest BCUT2D eigenvalue weighted by Gasteiger charge is 2.65. The summed E-state index contributed by atoms with van der Waals surface area (Å²) < 4.78 is 43.5. The number of anilines is 5. The standard InChI is InChI=1S/C33H34N4O6.C29H25N3O5.C22H22N2O3.C11H13ClN2O3/c1-3-43-31(39)30-29-16-17-36(25-10-8-23(9-11-25)28-7-5-4-6-24(28)22-38)32(40)33(29,35-18-20-42-21-19-35)37(34-30)26-12-14-27(41-2)15-13-26;1-3-37-29(35)26-25-16-17-31(21-10-8-19(9-11-21)24-7-5-4-6-20(24)18-33)28(34)27(25)32(30-26)22-12-14-23(36-2)15-13-22;25-16-18-4-1-2-5-20(18)17-7-9-19(10-8-17)24-11-3-6-21(22(24)26)23-12-14-27-15-13-23;1-3-17-11(15)10(12)14-13-8-4-6-9(16-2)7-5-8/h4-15,22,29H,3,16-21H2,1-2H3;4-15,18H,3,16-17H2,1-2H3;1-2,4-10,16H,3,11-15H2;4-7,13H,3H2,1-2H3/b;;;14-10-/t29-,33+;;;/m0.../s1. The zero-order chi connectivity index (χ0) is 87.2. The zero-order valence-electron chi connectivity index (χ0n) is 69.5. The van der Waals surface area contributed by atoms with Gasteiger partial charge in [-0.05, 0) is 183 Å². The number of aromatic nitrogens is 2. The summed E-state index contributed by atoms with van der Waals surface area (Å²) in [6.45, 7) is 12.1. The molecule has 3 fully saturated rings. The number of ether oxygens (including phenoxy) is 8. The van der Waals surface area contributed by atoms with Crippen LogP contribution in [0.4, 0.5) is 28.4 Å². The summed E-state index contributed by atoms with van der Waals surface area (Å²) >= 11 is 5.61. The van der Waals surface area contributed by atoms with E-state index in [2.05, 4.69) is 30.2 Å². The summed E-state index contributed by atoms with van der Waals surface area (Å²) in [6.07, 6.45) is 6.38. The molecule has 3 saturated heterocycles. The molecule has 0 radical (unpaired) electrons. The van der Waals surface area contributed by atoms with Gasteiger partial charge in [-0.25, -0.2) is 24.1 Å². The number of carbonyl (C=O) groups excluding carboxylic acids is 9. The molecule has 10 aromatic rings. The number of hydrogen-bond donors (Lipinski definition) is 1. The van der Waals surface area contributed by atoms with Crippen LogP contribution in [0.15, 0.2) is 240 Å². The number of fused-ring (bicyclic) bond motifs is 2. The molecule has 1 aromatic heterocycles. The summed E-state index contributed by atoms with van der Waals surface area (Å²) in [6, 6.07) is 66.8. The minimum atomic E-state index is -1.30. The van der Waals surface area contributed by atoms with Crippen molar-refractivity contribution in [3.63, 3.8) is 0 Å². The predicted octanol–water partition coefficient (Wildman–Crippen LogP) is 14.1. The molecule has 3 amide bonds. The lowest BCUT2D eigenvalue weighted by molar-refractivity contribution is -0.140. The molecule has 124 heavy (non-hydrogen) atoms. The second kappa shape index (κ2) is 41.6. The van der Waals surface area contributed by atoms with E-state index in [1.165, 1.54) is 4.68 Å². The zero-order valence-corrected chi connectivity index (χ0v) is 70.2. The Balaban J connectivity index is 0.000000149. The Kier molecular flexibility index (Phi) is 29.5. The van der Waals surface area contributed by atoms with Crippen molar-refractivity contribution in [2.45, 2.75) is 45.7 Å². The molecule has 1 N–H and O–H groups in total. The normalized spacial score (nSPS) is 16.8. The Morgan fingerprint density at radius 2 is 0.952 bits per heavy atom. The quantitative estimate of drug-likeness (QED) is 0.0193. The Hall–Kier alpha value is -13.9. The highest BCUT2D eigenvalue weighted by molar-refractivity contribution is 6.82. The van der Waals surface area contributed by atoms with Crippen LogP contribution in [0.2, 0.25) is 0 Å². The summed E-state index contributed by atoms with van der Waals surface area (Å²) in [5, 5.41) is 14.5. The maximum Gasteiger partial charge on any atom is 0.370 e. The number of hydrazone groups is 2. The second-order valence-corrected chi connectivity index (χ2v) is 29.1. The molecule has 0 bridgehead atoms. The Labute approximate surface area is 722 Å². The SMILES string of the molecule is CCOC(=O)/C(Cl)=N/Nc1ccc(OC)cc1.CCOC(=O)C1=NN(c2ccc(OC)cc2)[C@@]2(N3CCOCC3)C(=O)N(c3ccc(-c4ccccc4C=O)cc3)CC[C@@H]12.CCOC(=O)c1nn(-c2ccc(OC)cc2)c2c1CCN(c1ccc(-c3ccccc3C=O)cc1)C2=O.O=Cc1ccccc1-c1ccc(N2CCC=C(N3CCOCC3)C2=O)cc1. The van der Waals surface area contributed by atoms with Crippen LogP contribution in [0.1, 0.15) is 91.2 Å². The third kappa shape index (κ3) is 19.3. The van der Waals surface area contributed by atoms with E-state index in [0.29, 0.717) is 134 Å². The number of benzene rings is 9. The number of halogens is 1. The molecule has 0 aliphatic carbocycles. The fraction of sp³-hybridized carbons (Fsp3) is 0.263. The highest BCUT2D eigenvalue weighted by atomic mass is 35.5. The molecule has 7 heterocycles. The van der Waals surface area contributed by atoms with Gasteiger partial charge in [0.2, 0.25) is 10.8 Å². The first-order chi connectivity index (χ1) is 60.5. The van der Waals surface area contributed by atoms with Crippen molar-refractivity contribution in [2.75, 3.05) is 139 Å². The number of hydrogen-bond acceptors (Lipinski definition) is 24. The van der Waals surface area contributed by atoms with Crippen LogP contribution in [0.5, 0.6) is 17.2 Å². The van der Waals surface area contributed by atoms with Crippen molar-refractivity contribution in [1.29, 1.82) is 0 Å².